The second-order valence-corrected chi connectivity index (χ2v) is 9.23. The molecule has 156 valence electrons. The number of ether oxygens (including phenoxy) is 1. The van der Waals surface area contributed by atoms with E-state index in [1.807, 2.05) is 12.1 Å². The van der Waals surface area contributed by atoms with Gasteiger partial charge in [0.2, 0.25) is 0 Å². The highest BCUT2D eigenvalue weighted by atomic mass is 19.1. The number of halogens is 1. The Kier molecular flexibility index (Phi) is 4.34. The smallest absolute Gasteiger partial charge is 0.288 e. The average molecular weight is 406 g/mol. The van der Waals surface area contributed by atoms with Crippen LogP contribution in [-0.4, -0.2) is 54.1 Å². The molecule has 3 fully saturated rings. The lowest BCUT2D eigenvalue weighted by atomic mass is 9.73. The van der Waals surface area contributed by atoms with Crippen molar-refractivity contribution in [3.63, 3.8) is 0 Å². The number of aliphatic imine (C=N–C) groups is 1. The van der Waals surface area contributed by atoms with Crippen molar-refractivity contribution in [2.45, 2.75) is 37.3 Å². The van der Waals surface area contributed by atoms with E-state index >= 15 is 0 Å². The van der Waals surface area contributed by atoms with Crippen molar-refractivity contribution in [3.8, 4) is 0 Å². The average Bonchev–Trinajstić information content (AvgIpc) is 2.80. The molecule has 2 aromatic carbocycles. The molecule has 3 saturated heterocycles. The summed E-state index contributed by atoms with van der Waals surface area (Å²) in [5, 5.41) is 0. The Labute approximate surface area is 177 Å². The van der Waals surface area contributed by atoms with E-state index in [1.54, 1.807) is 12.1 Å². The summed E-state index contributed by atoms with van der Waals surface area (Å²) < 4.78 is 20.5. The number of hydrogen-bond donors (Lipinski definition) is 0. The van der Waals surface area contributed by atoms with Crippen LogP contribution in [0, 0.1) is 11.7 Å². The second-order valence-electron chi connectivity index (χ2n) is 9.23. The van der Waals surface area contributed by atoms with Gasteiger partial charge < -0.3 is 9.64 Å². The minimum absolute atomic E-state index is 0.00512. The molecule has 5 aliphatic rings. The maximum atomic E-state index is 13.7. The number of fused-ring (bicyclic) bond motifs is 3. The predicted octanol–water partition coefficient (Wildman–Crippen LogP) is 4.01. The number of nitrogens with zero attached hydrogens (tertiary/aromatic N) is 3. The third-order valence-electron chi connectivity index (χ3n) is 7.61. The fourth-order valence-corrected chi connectivity index (χ4v) is 6.06. The first kappa shape index (κ1) is 18.4. The molecule has 5 heterocycles. The molecule has 0 aromatic heterocycles. The molecule has 0 N–H and O–H groups in total. The van der Waals surface area contributed by atoms with Gasteiger partial charge in [-0.2, -0.15) is 0 Å². The minimum atomic E-state index is -0.202. The molecule has 7 rings (SSSR count). The summed E-state index contributed by atoms with van der Waals surface area (Å²) in [5.41, 5.74) is 3.63. The van der Waals surface area contributed by atoms with E-state index in [2.05, 4.69) is 34.1 Å². The van der Waals surface area contributed by atoms with Gasteiger partial charge in [0.1, 0.15) is 11.4 Å². The molecule has 0 saturated carbocycles. The fraction of sp³-hybridized carbons (Fsp3) is 0.480. The highest BCUT2D eigenvalue weighted by molar-refractivity contribution is 5.77. The molecule has 0 radical (unpaired) electrons. The van der Waals surface area contributed by atoms with Crippen LogP contribution in [0.5, 0.6) is 0 Å². The summed E-state index contributed by atoms with van der Waals surface area (Å²) in [7, 11) is 0. The first-order valence-electron chi connectivity index (χ1n) is 11.3. The molecule has 2 bridgehead atoms. The minimum Gasteiger partial charge on any atom is -0.457 e. The zero-order valence-corrected chi connectivity index (χ0v) is 17.3. The van der Waals surface area contributed by atoms with Crippen LogP contribution in [0.2, 0.25) is 0 Å². The van der Waals surface area contributed by atoms with Gasteiger partial charge in [-0.05, 0) is 61.2 Å². The zero-order chi connectivity index (χ0) is 20.1. The van der Waals surface area contributed by atoms with Crippen LogP contribution < -0.4 is 0 Å². The molecule has 5 heteroatoms. The Morgan fingerprint density at radius 1 is 1.00 bits per heavy atom. The first-order valence-corrected chi connectivity index (χ1v) is 11.3. The molecule has 0 unspecified atom stereocenters. The Morgan fingerprint density at radius 3 is 2.57 bits per heavy atom. The van der Waals surface area contributed by atoms with Crippen molar-refractivity contribution < 1.29 is 9.13 Å². The number of amidine groups is 1. The molecular formula is C25H28FN3O. The largest absolute Gasteiger partial charge is 0.457 e. The van der Waals surface area contributed by atoms with E-state index < -0.39 is 0 Å². The number of piperidine rings is 3. The summed E-state index contributed by atoms with van der Waals surface area (Å²) in [4.78, 5) is 9.77. The molecule has 5 aliphatic heterocycles. The SMILES string of the molecule is Fc1ccc([C@H]2c3ccccc3CCN2C2=NCC[C@]3(CN4CCC3CC4)O2)cc1. The molecular weight excluding hydrogens is 377 g/mol. The zero-order valence-electron chi connectivity index (χ0n) is 17.3. The van der Waals surface area contributed by atoms with Crippen molar-refractivity contribution in [2.24, 2.45) is 10.9 Å². The van der Waals surface area contributed by atoms with Gasteiger partial charge in [-0.15, -0.1) is 0 Å². The van der Waals surface area contributed by atoms with Gasteiger partial charge in [-0.1, -0.05) is 36.4 Å². The van der Waals surface area contributed by atoms with Gasteiger partial charge in [0.25, 0.3) is 6.02 Å². The summed E-state index contributed by atoms with van der Waals surface area (Å²) in [5.74, 6) is 0.432. The van der Waals surface area contributed by atoms with E-state index in [4.69, 9.17) is 9.73 Å². The van der Waals surface area contributed by atoms with Crippen molar-refractivity contribution in [1.29, 1.82) is 0 Å². The Balaban J connectivity index is 1.37. The van der Waals surface area contributed by atoms with Crippen LogP contribution >= 0.6 is 0 Å². The van der Waals surface area contributed by atoms with E-state index in [9.17, 15) is 4.39 Å². The Morgan fingerprint density at radius 2 is 1.80 bits per heavy atom. The third-order valence-corrected chi connectivity index (χ3v) is 7.61. The molecule has 4 nitrogen and oxygen atoms in total. The van der Waals surface area contributed by atoms with Crippen LogP contribution in [0.15, 0.2) is 53.5 Å². The lowest BCUT2D eigenvalue weighted by molar-refractivity contribution is -0.118. The van der Waals surface area contributed by atoms with Gasteiger partial charge in [0.05, 0.1) is 6.04 Å². The highest BCUT2D eigenvalue weighted by Gasteiger charge is 2.51. The van der Waals surface area contributed by atoms with Gasteiger partial charge in [-0.25, -0.2) is 9.38 Å². The Bertz CT molecular complexity index is 967. The van der Waals surface area contributed by atoms with Gasteiger partial charge in [0.15, 0.2) is 0 Å². The lowest BCUT2D eigenvalue weighted by Gasteiger charge is -2.55. The quantitative estimate of drug-likeness (QED) is 0.718. The molecule has 30 heavy (non-hydrogen) atoms. The van der Waals surface area contributed by atoms with E-state index in [-0.39, 0.29) is 17.5 Å². The van der Waals surface area contributed by atoms with Gasteiger partial charge in [0, 0.05) is 32.0 Å². The monoisotopic (exact) mass is 405 g/mol. The molecule has 0 aliphatic carbocycles. The summed E-state index contributed by atoms with van der Waals surface area (Å²) >= 11 is 0. The second kappa shape index (κ2) is 7.09. The number of hydrogen-bond acceptors (Lipinski definition) is 4. The van der Waals surface area contributed by atoms with Crippen LogP contribution in [0.25, 0.3) is 0 Å². The van der Waals surface area contributed by atoms with Crippen molar-refractivity contribution in [1.82, 2.24) is 9.80 Å². The standard InChI is InChI=1S/C25H28FN3O/c26-21-7-5-19(6-8-21)23-22-4-2-1-3-18(22)9-16-29(23)24-27-13-12-25(30-24)17-28-14-10-20(25)11-15-28/h1-8,20,23H,9-17H2/t23-,25+/m0/s1. The highest BCUT2D eigenvalue weighted by Crippen LogP contribution is 2.44. The Hall–Kier alpha value is -2.40. The molecule has 1 spiro atoms. The molecule has 2 atom stereocenters. The third kappa shape index (κ3) is 2.94. The van der Waals surface area contributed by atoms with Crippen molar-refractivity contribution in [3.05, 3.63) is 71.0 Å². The predicted molar refractivity (Wildman–Crippen MR) is 115 cm³/mol. The molecule has 2 aromatic rings. The normalized spacial score (nSPS) is 32.5. The van der Waals surface area contributed by atoms with Gasteiger partial charge in [-0.3, -0.25) is 4.90 Å². The topological polar surface area (TPSA) is 28.1 Å². The lowest BCUT2D eigenvalue weighted by Crippen LogP contribution is -2.63. The summed E-state index contributed by atoms with van der Waals surface area (Å²) in [6.45, 7) is 5.13. The first-order chi connectivity index (χ1) is 14.7. The fourth-order valence-electron chi connectivity index (χ4n) is 6.06. The molecule has 0 amide bonds. The van der Waals surface area contributed by atoms with Crippen LogP contribution in [0.4, 0.5) is 4.39 Å². The van der Waals surface area contributed by atoms with Crippen LogP contribution in [-0.2, 0) is 11.2 Å². The van der Waals surface area contributed by atoms with E-state index in [0.717, 1.165) is 44.1 Å². The van der Waals surface area contributed by atoms with Crippen LogP contribution in [0.1, 0.15) is 42.0 Å². The maximum absolute atomic E-state index is 13.7. The number of rotatable bonds is 1. The summed E-state index contributed by atoms with van der Waals surface area (Å²) in [6.07, 6.45) is 4.46. The van der Waals surface area contributed by atoms with Crippen molar-refractivity contribution >= 4 is 6.02 Å². The maximum Gasteiger partial charge on any atom is 0.288 e. The van der Waals surface area contributed by atoms with E-state index in [0.29, 0.717) is 5.92 Å². The van der Waals surface area contributed by atoms with E-state index in [1.165, 1.54) is 37.1 Å². The van der Waals surface area contributed by atoms with Gasteiger partial charge >= 0.3 is 0 Å². The van der Waals surface area contributed by atoms with Crippen molar-refractivity contribution in [2.75, 3.05) is 32.7 Å². The summed E-state index contributed by atoms with van der Waals surface area (Å²) in [6, 6.07) is 16.3. The van der Waals surface area contributed by atoms with Crippen LogP contribution in [0.3, 0.4) is 0 Å². The number of benzene rings is 2.